The van der Waals surface area contributed by atoms with E-state index in [-0.39, 0.29) is 25.1 Å². The molecule has 0 bridgehead atoms. The Morgan fingerprint density at radius 3 is 1.85 bits per heavy atom. The van der Waals surface area contributed by atoms with Crippen LogP contribution in [0.4, 0.5) is 11.6 Å². The van der Waals surface area contributed by atoms with Gasteiger partial charge < -0.3 is 39.3 Å². The summed E-state index contributed by atoms with van der Waals surface area (Å²) >= 11 is 6.16. The summed E-state index contributed by atoms with van der Waals surface area (Å²) < 4.78 is 9.50. The molecule has 309 valence electrons. The molecule has 16 heteroatoms. The summed E-state index contributed by atoms with van der Waals surface area (Å²) in [5, 5.41) is 20.2. The number of hydrogen-bond donors (Lipinski definition) is 4. The van der Waals surface area contributed by atoms with E-state index in [4.69, 9.17) is 36.0 Å². The summed E-state index contributed by atoms with van der Waals surface area (Å²) in [7, 11) is 5.89. The van der Waals surface area contributed by atoms with Crippen molar-refractivity contribution in [1.29, 1.82) is 0 Å². The highest BCUT2D eigenvalue weighted by atomic mass is 35.5. The zero-order chi connectivity index (χ0) is 42.4. The number of H-pyrrole nitrogens is 2. The quantitative estimate of drug-likeness (QED) is 0.0802. The van der Waals surface area contributed by atoms with Crippen LogP contribution in [0.1, 0.15) is 55.8 Å². The third-order valence-electron chi connectivity index (χ3n) is 9.68. The Labute approximate surface area is 353 Å². The maximum atomic E-state index is 11.5. The van der Waals surface area contributed by atoms with Gasteiger partial charge >= 0.3 is 19.6 Å². The Kier molecular flexibility index (Phi) is 14.3. The highest BCUT2D eigenvalue weighted by Gasteiger charge is 2.19. The molecule has 14 nitrogen and oxygen atoms in total. The molecule has 0 aliphatic rings. The predicted octanol–water partition coefficient (Wildman–Crippen LogP) is 8.94. The fourth-order valence-corrected chi connectivity index (χ4v) is 6.23. The number of aromatic nitrogens is 6. The van der Waals surface area contributed by atoms with Gasteiger partial charge in [0.1, 0.15) is 11.4 Å². The second kappa shape index (κ2) is 19.4. The number of halogens is 1. The van der Waals surface area contributed by atoms with Gasteiger partial charge in [-0.05, 0) is 107 Å². The summed E-state index contributed by atoms with van der Waals surface area (Å²) in [4.78, 5) is 51.5. The number of aromatic carboxylic acids is 1. The number of aromatic amines is 2. The number of benzene rings is 4. The molecule has 4 aromatic carbocycles. The lowest BCUT2D eigenvalue weighted by molar-refractivity contribution is 0.0600. The number of carboxylic acids is 1. The molecule has 8 aromatic rings. The van der Waals surface area contributed by atoms with Crippen LogP contribution in [0.2, 0.25) is 5.15 Å². The van der Waals surface area contributed by atoms with Crippen LogP contribution in [-0.4, -0.2) is 92.9 Å². The SMILES string of the molecule is C.CC(C)N(C)c1nc2cc(C(=O)O)ccc2nc1-c1ccc2[nH]ccc2c1.COC(=O)c1ccc2nc(Cl)c(N(C)C(C)C)nc2c1.O[B]Oc1ccc2[nH]ccc2c1. The number of nitrogens with one attached hydrogen (secondary N) is 2. The van der Waals surface area contributed by atoms with E-state index >= 15 is 0 Å². The molecule has 0 aliphatic carbocycles. The summed E-state index contributed by atoms with van der Waals surface area (Å²) in [6.45, 7) is 8.23. The Bertz CT molecular complexity index is 2770. The first kappa shape index (κ1) is 44.4. The second-order valence-electron chi connectivity index (χ2n) is 14.1. The van der Waals surface area contributed by atoms with E-state index in [1.54, 1.807) is 42.5 Å². The number of ether oxygens (including phenoxy) is 1. The highest BCUT2D eigenvalue weighted by molar-refractivity contribution is 6.32. The van der Waals surface area contributed by atoms with Gasteiger partial charge in [0.25, 0.3) is 0 Å². The molecule has 0 atom stereocenters. The van der Waals surface area contributed by atoms with E-state index in [2.05, 4.69) is 44.7 Å². The number of carbonyl (C=O) groups excluding carboxylic acids is 1. The van der Waals surface area contributed by atoms with Crippen molar-refractivity contribution in [2.75, 3.05) is 31.0 Å². The van der Waals surface area contributed by atoms with E-state index in [0.717, 1.165) is 38.9 Å². The third-order valence-corrected chi connectivity index (χ3v) is 9.93. The van der Waals surface area contributed by atoms with Crippen molar-refractivity contribution >= 4 is 86.7 Å². The summed E-state index contributed by atoms with van der Waals surface area (Å²) in [6, 6.07) is 25.9. The molecule has 0 amide bonds. The molecule has 4 heterocycles. The van der Waals surface area contributed by atoms with Crippen molar-refractivity contribution in [3.63, 3.8) is 0 Å². The zero-order valence-corrected chi connectivity index (χ0v) is 34.3. The number of rotatable bonds is 9. The van der Waals surface area contributed by atoms with Crippen molar-refractivity contribution < 1.29 is 29.1 Å². The summed E-state index contributed by atoms with van der Waals surface area (Å²) in [6.07, 6.45) is 3.77. The maximum Gasteiger partial charge on any atom is 0.569 e. The predicted molar refractivity (Wildman–Crippen MR) is 240 cm³/mol. The minimum Gasteiger partial charge on any atom is -0.537 e. The lowest BCUT2D eigenvalue weighted by Gasteiger charge is -2.25. The van der Waals surface area contributed by atoms with Gasteiger partial charge in [-0.1, -0.05) is 25.1 Å². The van der Waals surface area contributed by atoms with Gasteiger partial charge in [0.05, 0.1) is 40.3 Å². The molecular formula is C44H47BClN8O6. The first-order valence-corrected chi connectivity index (χ1v) is 19.0. The monoisotopic (exact) mass is 829 g/mol. The van der Waals surface area contributed by atoms with Crippen LogP contribution >= 0.6 is 11.6 Å². The van der Waals surface area contributed by atoms with Crippen molar-refractivity contribution in [3.05, 3.63) is 114 Å². The van der Waals surface area contributed by atoms with Crippen LogP contribution in [0.3, 0.4) is 0 Å². The van der Waals surface area contributed by atoms with E-state index in [1.807, 2.05) is 81.6 Å². The number of carboxylic acid groups (broad SMARTS) is 1. The highest BCUT2D eigenvalue weighted by Crippen LogP contribution is 2.32. The van der Waals surface area contributed by atoms with Crippen molar-refractivity contribution in [2.24, 2.45) is 0 Å². The van der Waals surface area contributed by atoms with E-state index in [9.17, 15) is 14.7 Å². The normalized spacial score (nSPS) is 10.8. The summed E-state index contributed by atoms with van der Waals surface area (Å²) in [5.74, 6) is 0.581. The van der Waals surface area contributed by atoms with Crippen LogP contribution in [0.15, 0.2) is 97.3 Å². The molecular weight excluding hydrogens is 783 g/mol. The molecule has 60 heavy (non-hydrogen) atoms. The van der Waals surface area contributed by atoms with Crippen molar-refractivity contribution in [2.45, 2.75) is 47.2 Å². The number of nitrogens with zero attached hydrogens (tertiary/aromatic N) is 6. The Morgan fingerprint density at radius 2 is 1.25 bits per heavy atom. The van der Waals surface area contributed by atoms with Gasteiger partial charge in [0, 0.05) is 65.9 Å². The molecule has 0 unspecified atom stereocenters. The summed E-state index contributed by atoms with van der Waals surface area (Å²) in [5.41, 5.74) is 7.02. The van der Waals surface area contributed by atoms with Crippen LogP contribution in [0.5, 0.6) is 5.75 Å². The lowest BCUT2D eigenvalue weighted by Crippen LogP contribution is -2.27. The van der Waals surface area contributed by atoms with Crippen molar-refractivity contribution in [1.82, 2.24) is 29.9 Å². The van der Waals surface area contributed by atoms with Gasteiger partial charge in [-0.2, -0.15) is 0 Å². The molecule has 8 rings (SSSR count). The van der Waals surface area contributed by atoms with Gasteiger partial charge in [-0.15, -0.1) is 0 Å². The van der Waals surface area contributed by atoms with E-state index in [1.165, 1.54) is 7.11 Å². The largest absolute Gasteiger partial charge is 0.569 e. The number of hydrogen-bond acceptors (Lipinski definition) is 11. The zero-order valence-electron chi connectivity index (χ0n) is 33.6. The number of methoxy groups -OCH3 is 1. The fraction of sp³-hybridized carbons (Fsp3) is 0.227. The number of fused-ring (bicyclic) bond motifs is 4. The molecule has 0 spiro atoms. The van der Waals surface area contributed by atoms with Crippen LogP contribution in [0, 0.1) is 0 Å². The minimum absolute atomic E-state index is 0. The minimum atomic E-state index is -0.973. The molecule has 1 radical (unpaired) electrons. The Hall–Kier alpha value is -6.71. The Morgan fingerprint density at radius 1 is 0.700 bits per heavy atom. The average Bonchev–Trinajstić information content (AvgIpc) is 3.91. The van der Waals surface area contributed by atoms with E-state index < -0.39 is 11.9 Å². The first-order chi connectivity index (χ1) is 28.3. The fourth-order valence-electron chi connectivity index (χ4n) is 5.97. The number of esters is 1. The standard InChI is InChI=1S/C21H20N4O2.C14H16ClN3O2.C8H7BNO2.CH4/c1-12(2)25(3)20-19(14-4-6-16-13(10-14)8-9-22-16)23-17-7-5-15(21(26)27)11-18(17)24-20;1-8(2)18(3)13-12(15)16-10-6-5-9(14(19)20-4)7-11(10)17-13;11-9-12-7-1-2-8-6(5-7)3-4-10-8;/h4-12,22H,1-3H3,(H,26,27);5-8H,1-4H3;1-5,10-11H;1H4. The molecule has 4 aromatic heterocycles. The molecule has 0 saturated carbocycles. The Balaban J connectivity index is 0.000000182. The average molecular weight is 830 g/mol. The van der Waals surface area contributed by atoms with Gasteiger partial charge in [-0.3, -0.25) is 0 Å². The molecule has 0 aliphatic heterocycles. The topological polar surface area (TPSA) is 183 Å². The number of carbonyl (C=O) groups is 2. The molecule has 4 N–H and O–H groups in total. The first-order valence-electron chi connectivity index (χ1n) is 18.6. The molecule has 0 saturated heterocycles. The lowest BCUT2D eigenvalue weighted by atomic mass is 10.1. The smallest absolute Gasteiger partial charge is 0.537 e. The van der Waals surface area contributed by atoms with E-state index in [0.29, 0.717) is 52.0 Å². The maximum absolute atomic E-state index is 11.5. The van der Waals surface area contributed by atoms with Gasteiger partial charge in [0.2, 0.25) is 0 Å². The van der Waals surface area contributed by atoms with Gasteiger partial charge in [0.15, 0.2) is 16.8 Å². The number of anilines is 2. The third kappa shape index (κ3) is 9.93. The molecule has 0 fully saturated rings. The van der Waals surface area contributed by atoms with Crippen LogP contribution in [-0.2, 0) is 4.74 Å². The van der Waals surface area contributed by atoms with Gasteiger partial charge in [-0.25, -0.2) is 29.5 Å². The van der Waals surface area contributed by atoms with Crippen LogP contribution in [0.25, 0.3) is 55.1 Å². The second-order valence-corrected chi connectivity index (χ2v) is 14.4. The van der Waals surface area contributed by atoms with Crippen molar-refractivity contribution in [3.8, 4) is 17.0 Å². The van der Waals surface area contributed by atoms with Crippen LogP contribution < -0.4 is 14.5 Å².